The van der Waals surface area contributed by atoms with Crippen LogP contribution >= 0.6 is 0 Å². The molecule has 1 aliphatic carbocycles. The highest BCUT2D eigenvalue weighted by Crippen LogP contribution is 2.37. The van der Waals surface area contributed by atoms with Gasteiger partial charge in [0.1, 0.15) is 0 Å². The molecule has 118 valence electrons. The standard InChI is InChI=1S/C18H30N2O/c1-6-15-18(17(21)8-3)16(7-2)20(19-15)14-10-9-12(4)13(5)11-14/h12-14H,6-11H2,1-5H3. The molecule has 1 aromatic rings. The molecule has 0 amide bonds. The van der Waals surface area contributed by atoms with Crippen molar-refractivity contribution in [2.45, 2.75) is 79.2 Å². The first kappa shape index (κ1) is 16.3. The van der Waals surface area contributed by atoms with Gasteiger partial charge in [0, 0.05) is 12.1 Å². The van der Waals surface area contributed by atoms with E-state index in [0.717, 1.165) is 35.9 Å². The zero-order chi connectivity index (χ0) is 15.6. The largest absolute Gasteiger partial charge is 0.294 e. The van der Waals surface area contributed by atoms with Crippen LogP contribution < -0.4 is 0 Å². The summed E-state index contributed by atoms with van der Waals surface area (Å²) in [5, 5.41) is 4.85. The lowest BCUT2D eigenvalue weighted by Gasteiger charge is -2.33. The first-order chi connectivity index (χ1) is 10.0. The van der Waals surface area contributed by atoms with Gasteiger partial charge in [0.25, 0.3) is 0 Å². The Hall–Kier alpha value is -1.12. The van der Waals surface area contributed by atoms with Crippen LogP contribution in [-0.2, 0) is 12.8 Å². The number of hydrogen-bond acceptors (Lipinski definition) is 2. The van der Waals surface area contributed by atoms with E-state index < -0.39 is 0 Å². The van der Waals surface area contributed by atoms with Crippen LogP contribution in [0.5, 0.6) is 0 Å². The van der Waals surface area contributed by atoms with Crippen LogP contribution in [-0.4, -0.2) is 15.6 Å². The first-order valence-electron chi connectivity index (χ1n) is 8.66. The van der Waals surface area contributed by atoms with Gasteiger partial charge in [-0.15, -0.1) is 0 Å². The number of Topliss-reactive ketones (excluding diaryl/α,β-unsaturated/α-hetero) is 1. The van der Waals surface area contributed by atoms with E-state index >= 15 is 0 Å². The lowest BCUT2D eigenvalue weighted by molar-refractivity contribution is 0.0986. The summed E-state index contributed by atoms with van der Waals surface area (Å²) in [5.41, 5.74) is 3.10. The Kier molecular flexibility index (Phi) is 5.23. The molecule has 3 atom stereocenters. The molecule has 0 bridgehead atoms. The Bertz CT molecular complexity index is 504. The average molecular weight is 290 g/mol. The molecule has 3 nitrogen and oxygen atoms in total. The van der Waals surface area contributed by atoms with Crippen molar-refractivity contribution in [2.24, 2.45) is 11.8 Å². The molecule has 1 aromatic heterocycles. The number of hydrogen-bond donors (Lipinski definition) is 0. The van der Waals surface area contributed by atoms with Crippen LogP contribution in [0.15, 0.2) is 0 Å². The Labute approximate surface area is 129 Å². The van der Waals surface area contributed by atoms with Crippen LogP contribution in [0.1, 0.15) is 88.1 Å². The van der Waals surface area contributed by atoms with Gasteiger partial charge in [-0.25, -0.2) is 0 Å². The minimum Gasteiger partial charge on any atom is -0.294 e. The number of nitrogens with zero attached hydrogens (tertiary/aromatic N) is 2. The van der Waals surface area contributed by atoms with Crippen LogP contribution in [0, 0.1) is 11.8 Å². The molecule has 0 aromatic carbocycles. The van der Waals surface area contributed by atoms with Gasteiger partial charge in [-0.3, -0.25) is 9.48 Å². The molecule has 0 N–H and O–H groups in total. The first-order valence-corrected chi connectivity index (χ1v) is 8.66. The molecule has 3 heteroatoms. The molecule has 2 rings (SSSR count). The van der Waals surface area contributed by atoms with Crippen molar-refractivity contribution in [2.75, 3.05) is 0 Å². The summed E-state index contributed by atoms with van der Waals surface area (Å²) in [5.74, 6) is 1.81. The summed E-state index contributed by atoms with van der Waals surface area (Å²) in [6.07, 6.45) is 5.98. The van der Waals surface area contributed by atoms with Gasteiger partial charge in [-0.05, 0) is 43.9 Å². The van der Waals surface area contributed by atoms with E-state index in [4.69, 9.17) is 5.10 Å². The third-order valence-electron chi connectivity index (χ3n) is 5.27. The Morgan fingerprint density at radius 1 is 1.14 bits per heavy atom. The highest BCUT2D eigenvalue weighted by molar-refractivity contribution is 5.98. The van der Waals surface area contributed by atoms with E-state index in [-0.39, 0.29) is 5.78 Å². The number of aryl methyl sites for hydroxylation is 1. The maximum Gasteiger partial charge on any atom is 0.166 e. The molecule has 0 aliphatic heterocycles. The number of ketones is 1. The van der Waals surface area contributed by atoms with Crippen LogP contribution in [0.2, 0.25) is 0 Å². The number of carbonyl (C=O) groups excluding carboxylic acids is 1. The van der Waals surface area contributed by atoms with Crippen LogP contribution in [0.4, 0.5) is 0 Å². The van der Waals surface area contributed by atoms with E-state index in [9.17, 15) is 4.79 Å². The third kappa shape index (κ3) is 3.07. The lowest BCUT2D eigenvalue weighted by atomic mass is 9.79. The average Bonchev–Trinajstić information content (AvgIpc) is 2.87. The second-order valence-electron chi connectivity index (χ2n) is 6.62. The molecule has 0 spiro atoms. The molecule has 1 aliphatic rings. The van der Waals surface area contributed by atoms with E-state index in [1.54, 1.807) is 0 Å². The van der Waals surface area contributed by atoms with Crippen molar-refractivity contribution in [3.05, 3.63) is 17.0 Å². The van der Waals surface area contributed by atoms with Crippen molar-refractivity contribution in [3.63, 3.8) is 0 Å². The van der Waals surface area contributed by atoms with Gasteiger partial charge in [0.05, 0.1) is 17.3 Å². The molecule has 0 saturated heterocycles. The fourth-order valence-electron chi connectivity index (χ4n) is 3.65. The smallest absolute Gasteiger partial charge is 0.166 e. The van der Waals surface area contributed by atoms with Crippen molar-refractivity contribution >= 4 is 5.78 Å². The summed E-state index contributed by atoms with van der Waals surface area (Å²) >= 11 is 0. The second kappa shape index (κ2) is 6.76. The maximum atomic E-state index is 12.3. The SMILES string of the molecule is CCC(=O)c1c(CC)nn(C2CCC(C)C(C)C2)c1CC. The third-order valence-corrected chi connectivity index (χ3v) is 5.27. The molecule has 3 unspecified atom stereocenters. The van der Waals surface area contributed by atoms with Crippen molar-refractivity contribution in [1.29, 1.82) is 0 Å². The second-order valence-corrected chi connectivity index (χ2v) is 6.62. The van der Waals surface area contributed by atoms with Crippen LogP contribution in [0.3, 0.4) is 0 Å². The molecule has 1 heterocycles. The summed E-state index contributed by atoms with van der Waals surface area (Å²) in [7, 11) is 0. The van der Waals surface area contributed by atoms with E-state index in [1.165, 1.54) is 25.0 Å². The molecule has 0 radical (unpaired) electrons. The predicted octanol–water partition coefficient (Wildman–Crippen LogP) is 4.60. The summed E-state index contributed by atoms with van der Waals surface area (Å²) in [6.45, 7) is 10.9. The van der Waals surface area contributed by atoms with E-state index in [1.807, 2.05) is 6.92 Å². The number of rotatable bonds is 5. The predicted molar refractivity (Wildman–Crippen MR) is 86.8 cm³/mol. The van der Waals surface area contributed by atoms with Gasteiger partial charge in [-0.1, -0.05) is 34.6 Å². The van der Waals surface area contributed by atoms with Gasteiger partial charge < -0.3 is 0 Å². The van der Waals surface area contributed by atoms with Crippen LogP contribution in [0.25, 0.3) is 0 Å². The Morgan fingerprint density at radius 3 is 2.38 bits per heavy atom. The van der Waals surface area contributed by atoms with E-state index in [0.29, 0.717) is 12.5 Å². The van der Waals surface area contributed by atoms with Crippen molar-refractivity contribution < 1.29 is 4.79 Å². The van der Waals surface area contributed by atoms with E-state index in [2.05, 4.69) is 32.4 Å². The number of aromatic nitrogens is 2. The normalized spacial score (nSPS) is 26.0. The highest BCUT2D eigenvalue weighted by atomic mass is 16.1. The Morgan fingerprint density at radius 2 is 1.86 bits per heavy atom. The summed E-state index contributed by atoms with van der Waals surface area (Å²) < 4.78 is 2.21. The molecule has 1 fully saturated rings. The fraction of sp³-hybridized carbons (Fsp3) is 0.778. The van der Waals surface area contributed by atoms with Gasteiger partial charge in [0.15, 0.2) is 5.78 Å². The maximum absolute atomic E-state index is 12.3. The number of carbonyl (C=O) groups is 1. The topological polar surface area (TPSA) is 34.9 Å². The lowest BCUT2D eigenvalue weighted by Crippen LogP contribution is -2.25. The van der Waals surface area contributed by atoms with Gasteiger partial charge in [-0.2, -0.15) is 5.10 Å². The quantitative estimate of drug-likeness (QED) is 0.743. The monoisotopic (exact) mass is 290 g/mol. The summed E-state index contributed by atoms with van der Waals surface area (Å²) in [4.78, 5) is 12.3. The van der Waals surface area contributed by atoms with Crippen molar-refractivity contribution in [3.8, 4) is 0 Å². The highest BCUT2D eigenvalue weighted by Gasteiger charge is 2.30. The summed E-state index contributed by atoms with van der Waals surface area (Å²) in [6, 6.07) is 0.481. The molecule has 1 saturated carbocycles. The Balaban J connectivity index is 2.40. The molecular weight excluding hydrogens is 260 g/mol. The minimum absolute atomic E-state index is 0.257. The van der Waals surface area contributed by atoms with Crippen molar-refractivity contribution in [1.82, 2.24) is 9.78 Å². The fourth-order valence-corrected chi connectivity index (χ4v) is 3.65. The zero-order valence-electron chi connectivity index (χ0n) is 14.3. The zero-order valence-corrected chi connectivity index (χ0v) is 14.3. The van der Waals surface area contributed by atoms with Gasteiger partial charge >= 0.3 is 0 Å². The minimum atomic E-state index is 0.257. The van der Waals surface area contributed by atoms with Gasteiger partial charge in [0.2, 0.25) is 0 Å². The molecular formula is C18H30N2O. The molecule has 21 heavy (non-hydrogen) atoms.